The third kappa shape index (κ3) is 2.28. The van der Waals surface area contributed by atoms with Crippen LogP contribution in [0.2, 0.25) is 0 Å². The van der Waals surface area contributed by atoms with E-state index in [9.17, 15) is 4.79 Å². The summed E-state index contributed by atoms with van der Waals surface area (Å²) in [6.07, 6.45) is 6.94. The lowest BCUT2D eigenvalue weighted by atomic mass is 9.61. The van der Waals surface area contributed by atoms with E-state index in [1.54, 1.807) is 17.1 Å². The molecule has 27 heavy (non-hydrogen) atoms. The SMILES string of the molecule is Cn1cnnc1C1(c2cccc(-n3ccc4cc[nH]c4c3=O)c2)CC(N)C1. The number of aromatic amines is 1. The largest absolute Gasteiger partial charge is 0.357 e. The number of aryl methyl sites for hydroxylation is 1. The fourth-order valence-corrected chi connectivity index (χ4v) is 4.30. The Morgan fingerprint density at radius 1 is 1.26 bits per heavy atom. The van der Waals surface area contributed by atoms with Crippen LogP contribution in [0.5, 0.6) is 0 Å². The van der Waals surface area contributed by atoms with Crippen molar-refractivity contribution in [3.05, 3.63) is 76.9 Å². The first-order valence-electron chi connectivity index (χ1n) is 8.98. The van der Waals surface area contributed by atoms with Gasteiger partial charge in [0.1, 0.15) is 17.7 Å². The Bertz CT molecular complexity index is 1190. The number of nitrogens with zero attached hydrogens (tertiary/aromatic N) is 4. The van der Waals surface area contributed by atoms with E-state index in [1.807, 2.05) is 42.1 Å². The van der Waals surface area contributed by atoms with E-state index in [0.717, 1.165) is 35.3 Å². The minimum absolute atomic E-state index is 0.0623. The van der Waals surface area contributed by atoms with Crippen LogP contribution in [0.4, 0.5) is 0 Å². The Labute approximate surface area is 155 Å². The zero-order chi connectivity index (χ0) is 18.6. The fraction of sp³-hybridized carbons (Fsp3) is 0.250. The van der Waals surface area contributed by atoms with Gasteiger partial charge in [0.25, 0.3) is 5.56 Å². The van der Waals surface area contributed by atoms with Crippen LogP contribution < -0.4 is 11.3 Å². The molecule has 0 radical (unpaired) electrons. The van der Waals surface area contributed by atoms with Crippen molar-refractivity contribution in [3.63, 3.8) is 0 Å². The maximum absolute atomic E-state index is 12.9. The minimum atomic E-state index is -0.263. The zero-order valence-corrected chi connectivity index (χ0v) is 15.0. The van der Waals surface area contributed by atoms with Gasteiger partial charge in [-0.05, 0) is 42.7 Å². The minimum Gasteiger partial charge on any atom is -0.357 e. The Balaban J connectivity index is 1.66. The highest BCUT2D eigenvalue weighted by molar-refractivity contribution is 5.78. The second-order valence-corrected chi connectivity index (χ2v) is 7.37. The Kier molecular flexibility index (Phi) is 3.35. The average molecular weight is 360 g/mol. The molecule has 5 rings (SSSR count). The van der Waals surface area contributed by atoms with Gasteiger partial charge in [0.15, 0.2) is 0 Å². The third-order valence-electron chi connectivity index (χ3n) is 5.65. The Morgan fingerprint density at radius 3 is 2.85 bits per heavy atom. The van der Waals surface area contributed by atoms with Gasteiger partial charge in [-0.15, -0.1) is 10.2 Å². The van der Waals surface area contributed by atoms with Gasteiger partial charge < -0.3 is 15.3 Å². The van der Waals surface area contributed by atoms with Crippen molar-refractivity contribution in [1.29, 1.82) is 0 Å². The number of aromatic nitrogens is 5. The lowest BCUT2D eigenvalue weighted by Crippen LogP contribution is -2.51. The van der Waals surface area contributed by atoms with Crippen molar-refractivity contribution in [3.8, 4) is 5.69 Å². The second-order valence-electron chi connectivity index (χ2n) is 7.37. The number of pyridine rings is 1. The highest BCUT2D eigenvalue weighted by Crippen LogP contribution is 2.47. The quantitative estimate of drug-likeness (QED) is 0.583. The molecular weight excluding hydrogens is 340 g/mol. The van der Waals surface area contributed by atoms with Crippen molar-refractivity contribution < 1.29 is 0 Å². The summed E-state index contributed by atoms with van der Waals surface area (Å²) in [5.74, 6) is 0.911. The van der Waals surface area contributed by atoms with Crippen LogP contribution in [0.1, 0.15) is 24.2 Å². The molecule has 136 valence electrons. The van der Waals surface area contributed by atoms with Crippen LogP contribution in [0, 0.1) is 0 Å². The lowest BCUT2D eigenvalue weighted by Gasteiger charge is -2.45. The first kappa shape index (κ1) is 16.0. The van der Waals surface area contributed by atoms with E-state index in [1.165, 1.54) is 0 Å². The molecule has 1 aliphatic carbocycles. The number of nitrogens with one attached hydrogen (secondary N) is 1. The van der Waals surface area contributed by atoms with Gasteiger partial charge in [0.05, 0.1) is 5.41 Å². The Morgan fingerprint density at radius 2 is 2.11 bits per heavy atom. The zero-order valence-electron chi connectivity index (χ0n) is 15.0. The van der Waals surface area contributed by atoms with Crippen LogP contribution in [0.15, 0.2) is 59.9 Å². The van der Waals surface area contributed by atoms with E-state index in [-0.39, 0.29) is 17.0 Å². The van der Waals surface area contributed by atoms with Crippen molar-refractivity contribution in [1.82, 2.24) is 24.3 Å². The predicted octanol–water partition coefficient (Wildman–Crippen LogP) is 1.85. The highest BCUT2D eigenvalue weighted by Gasteiger charge is 2.48. The second kappa shape index (κ2) is 5.65. The smallest absolute Gasteiger partial charge is 0.279 e. The summed E-state index contributed by atoms with van der Waals surface area (Å²) in [5.41, 5.74) is 8.37. The summed E-state index contributed by atoms with van der Waals surface area (Å²) in [4.78, 5) is 15.9. The molecule has 0 spiro atoms. The van der Waals surface area contributed by atoms with Gasteiger partial charge in [-0.25, -0.2) is 0 Å². The summed E-state index contributed by atoms with van der Waals surface area (Å²) < 4.78 is 3.63. The number of nitrogens with two attached hydrogens (primary N) is 1. The molecule has 7 nitrogen and oxygen atoms in total. The summed E-state index contributed by atoms with van der Waals surface area (Å²) in [6.45, 7) is 0. The fourth-order valence-electron chi connectivity index (χ4n) is 4.30. The monoisotopic (exact) mass is 360 g/mol. The highest BCUT2D eigenvalue weighted by atomic mass is 16.1. The molecule has 1 aliphatic rings. The molecule has 0 bridgehead atoms. The van der Waals surface area contributed by atoms with E-state index >= 15 is 0 Å². The lowest BCUT2D eigenvalue weighted by molar-refractivity contribution is 0.234. The number of fused-ring (bicyclic) bond motifs is 1. The number of H-pyrrole nitrogens is 1. The molecule has 1 fully saturated rings. The van der Waals surface area contributed by atoms with Gasteiger partial charge in [0, 0.05) is 36.6 Å². The van der Waals surface area contributed by atoms with Gasteiger partial charge in [-0.2, -0.15) is 0 Å². The van der Waals surface area contributed by atoms with E-state index in [4.69, 9.17) is 5.73 Å². The molecule has 0 aliphatic heterocycles. The van der Waals surface area contributed by atoms with Crippen LogP contribution in [0.3, 0.4) is 0 Å². The van der Waals surface area contributed by atoms with E-state index in [0.29, 0.717) is 5.52 Å². The molecular formula is C20H20N6O. The van der Waals surface area contributed by atoms with Crippen molar-refractivity contribution in [2.45, 2.75) is 24.3 Å². The molecule has 1 saturated carbocycles. The van der Waals surface area contributed by atoms with E-state index in [2.05, 4.69) is 27.3 Å². The van der Waals surface area contributed by atoms with Crippen molar-refractivity contribution in [2.24, 2.45) is 12.8 Å². The first-order valence-corrected chi connectivity index (χ1v) is 8.98. The Hall–Kier alpha value is -3.19. The van der Waals surface area contributed by atoms with Crippen LogP contribution in [-0.2, 0) is 12.5 Å². The van der Waals surface area contributed by atoms with Gasteiger partial charge in [-0.1, -0.05) is 12.1 Å². The van der Waals surface area contributed by atoms with Crippen molar-refractivity contribution in [2.75, 3.05) is 0 Å². The number of hydrogen-bond donors (Lipinski definition) is 2. The summed E-state index contributed by atoms with van der Waals surface area (Å²) in [5, 5.41) is 9.32. The van der Waals surface area contributed by atoms with Crippen LogP contribution >= 0.6 is 0 Å². The summed E-state index contributed by atoms with van der Waals surface area (Å²) in [7, 11) is 1.95. The predicted molar refractivity (Wildman–Crippen MR) is 103 cm³/mol. The number of hydrogen-bond acceptors (Lipinski definition) is 4. The van der Waals surface area contributed by atoms with E-state index < -0.39 is 0 Å². The average Bonchev–Trinajstić information content (AvgIpc) is 3.29. The molecule has 4 aromatic rings. The third-order valence-corrected chi connectivity index (χ3v) is 5.65. The van der Waals surface area contributed by atoms with Gasteiger partial charge >= 0.3 is 0 Å². The molecule has 0 unspecified atom stereocenters. The molecule has 0 atom stereocenters. The summed E-state index contributed by atoms with van der Waals surface area (Å²) >= 11 is 0. The maximum atomic E-state index is 12.9. The molecule has 1 aromatic carbocycles. The van der Waals surface area contributed by atoms with Gasteiger partial charge in [0.2, 0.25) is 0 Å². The number of benzene rings is 1. The maximum Gasteiger partial charge on any atom is 0.279 e. The molecule has 0 saturated heterocycles. The molecule has 0 amide bonds. The van der Waals surface area contributed by atoms with Crippen LogP contribution in [-0.4, -0.2) is 30.4 Å². The first-order chi connectivity index (χ1) is 13.1. The summed E-state index contributed by atoms with van der Waals surface area (Å²) in [6, 6.07) is 12.1. The number of rotatable bonds is 3. The standard InChI is InChI=1S/C20H20N6O/c1-25-12-23-24-19(25)20(10-15(21)11-20)14-3-2-4-16(9-14)26-8-6-13-5-7-22-17(13)18(26)27/h2-9,12,15,22H,10-11,21H2,1H3. The normalized spacial score (nSPS) is 22.1. The van der Waals surface area contributed by atoms with Gasteiger partial charge in [-0.3, -0.25) is 9.36 Å². The molecule has 3 aromatic heterocycles. The topological polar surface area (TPSA) is 94.5 Å². The molecule has 7 heteroatoms. The van der Waals surface area contributed by atoms with Crippen molar-refractivity contribution >= 4 is 10.9 Å². The molecule has 3 N–H and O–H groups in total. The van der Waals surface area contributed by atoms with Crippen LogP contribution in [0.25, 0.3) is 16.6 Å². The molecule has 3 heterocycles.